The Morgan fingerprint density at radius 3 is 1.70 bits per heavy atom. The first-order valence-corrected chi connectivity index (χ1v) is 16.9. The number of thioether (sulfide) groups is 1. The highest BCUT2D eigenvalue weighted by Crippen LogP contribution is 2.64. The molecule has 4 aliphatic rings. The second kappa shape index (κ2) is 10.9. The molecule has 0 N–H and O–H groups in total. The van der Waals surface area contributed by atoms with Crippen molar-refractivity contribution >= 4 is 39.9 Å². The third kappa shape index (κ3) is 3.97. The van der Waals surface area contributed by atoms with Crippen LogP contribution >= 0.6 is 11.8 Å². The van der Waals surface area contributed by atoms with Crippen LogP contribution in [0.1, 0.15) is 29.0 Å². The van der Waals surface area contributed by atoms with E-state index in [1.54, 1.807) is 11.8 Å². The Hall–Kier alpha value is -5.34. The fraction of sp³-hybridized carbons (Fsp3) is 0.154. The maximum Gasteiger partial charge on any atom is 0.265 e. The van der Waals surface area contributed by atoms with Crippen molar-refractivity contribution < 1.29 is 4.79 Å². The quantitative estimate of drug-likeness (QED) is 0.206. The lowest BCUT2D eigenvalue weighted by atomic mass is 9.84. The summed E-state index contributed by atoms with van der Waals surface area (Å²) in [6.45, 7) is 1.36. The van der Waals surface area contributed by atoms with Gasteiger partial charge in [-0.15, -0.1) is 0 Å². The minimum Gasteiger partial charge on any atom is -0.312 e. The summed E-state index contributed by atoms with van der Waals surface area (Å²) in [7, 11) is 0. The zero-order chi connectivity index (χ0) is 31.4. The molecule has 7 nitrogen and oxygen atoms in total. The minimum atomic E-state index is -1.15. The first-order chi connectivity index (χ1) is 23.2. The standard InChI is InChI=1S/C39H32N6OS/c46-37-38(44(32-23-12-4-13-24-32)41-36(47-38)31-21-10-3-11-22-31)34(29-17-6-1-7-18-29)39-42(27-16-28-43(37)39)35(30-19-8-2-9-20-30)40-45(39)33-25-14-5-15-26-33/h1-15,17-26,34H,16,27-28H2. The van der Waals surface area contributed by atoms with E-state index in [2.05, 4.69) is 99.7 Å². The van der Waals surface area contributed by atoms with Crippen molar-refractivity contribution in [2.75, 3.05) is 23.1 Å². The molecule has 5 aromatic carbocycles. The summed E-state index contributed by atoms with van der Waals surface area (Å²) in [5.74, 6) is -0.497. The normalized spacial score (nSPS) is 24.8. The second-order valence-electron chi connectivity index (χ2n) is 12.1. The van der Waals surface area contributed by atoms with Gasteiger partial charge in [0, 0.05) is 24.2 Å². The van der Waals surface area contributed by atoms with E-state index >= 15 is 4.79 Å². The number of nitrogens with zero attached hydrogens (tertiary/aromatic N) is 6. The van der Waals surface area contributed by atoms with Gasteiger partial charge in [-0.3, -0.25) is 9.69 Å². The molecule has 230 valence electrons. The number of benzene rings is 5. The molecule has 3 atom stereocenters. The van der Waals surface area contributed by atoms with Crippen LogP contribution in [0.5, 0.6) is 0 Å². The van der Waals surface area contributed by atoms with Gasteiger partial charge in [-0.1, -0.05) is 139 Å². The predicted octanol–water partition coefficient (Wildman–Crippen LogP) is 7.17. The van der Waals surface area contributed by atoms with Gasteiger partial charge < -0.3 is 4.90 Å². The topological polar surface area (TPSA) is 54.8 Å². The van der Waals surface area contributed by atoms with Crippen molar-refractivity contribution in [2.45, 2.75) is 23.0 Å². The Morgan fingerprint density at radius 1 is 0.574 bits per heavy atom. The number of amidine groups is 1. The average molecular weight is 633 g/mol. The number of hydrazone groups is 2. The van der Waals surface area contributed by atoms with E-state index in [9.17, 15) is 0 Å². The van der Waals surface area contributed by atoms with Crippen LogP contribution in [0.4, 0.5) is 11.4 Å². The van der Waals surface area contributed by atoms with Gasteiger partial charge in [0.15, 0.2) is 5.84 Å². The van der Waals surface area contributed by atoms with Gasteiger partial charge in [-0.25, -0.2) is 10.0 Å². The molecular weight excluding hydrogens is 601 g/mol. The SMILES string of the molecule is O=C1N2CCCN3C(c4ccccc4)=NN(c4ccccc4)C23C(c2ccccc2)C12SC(c1ccccc1)=NN2c1ccccc1. The third-order valence-corrected chi connectivity index (χ3v) is 11.0. The van der Waals surface area contributed by atoms with E-state index in [1.807, 2.05) is 71.7 Å². The molecule has 2 spiro atoms. The molecule has 47 heavy (non-hydrogen) atoms. The fourth-order valence-electron chi connectivity index (χ4n) is 7.76. The number of carbonyl (C=O) groups excluding carboxylic acids is 1. The molecule has 0 aromatic heterocycles. The van der Waals surface area contributed by atoms with Gasteiger partial charge in [-0.05, 0) is 36.2 Å². The van der Waals surface area contributed by atoms with E-state index in [0.29, 0.717) is 6.54 Å². The zero-order valence-electron chi connectivity index (χ0n) is 25.6. The molecule has 9 rings (SSSR count). The summed E-state index contributed by atoms with van der Waals surface area (Å²) in [6, 6.07) is 51.5. The fourth-order valence-corrected chi connectivity index (χ4v) is 9.27. The van der Waals surface area contributed by atoms with E-state index < -0.39 is 16.6 Å². The summed E-state index contributed by atoms with van der Waals surface area (Å²) < 4.78 is 0. The van der Waals surface area contributed by atoms with Gasteiger partial charge in [0.25, 0.3) is 5.91 Å². The first kappa shape index (κ1) is 27.9. The van der Waals surface area contributed by atoms with Crippen LogP contribution in [0.2, 0.25) is 0 Å². The highest BCUT2D eigenvalue weighted by molar-refractivity contribution is 8.16. The third-order valence-electron chi connectivity index (χ3n) is 9.60. The number of rotatable bonds is 5. The Morgan fingerprint density at radius 2 is 1.09 bits per heavy atom. The van der Waals surface area contributed by atoms with E-state index in [4.69, 9.17) is 10.2 Å². The van der Waals surface area contributed by atoms with Crippen molar-refractivity contribution in [1.82, 2.24) is 9.80 Å². The van der Waals surface area contributed by atoms with E-state index in [1.165, 1.54) is 0 Å². The van der Waals surface area contributed by atoms with Crippen LogP contribution in [-0.4, -0.2) is 50.3 Å². The zero-order valence-corrected chi connectivity index (χ0v) is 26.4. The molecule has 3 unspecified atom stereocenters. The lowest BCUT2D eigenvalue weighted by molar-refractivity contribution is -0.138. The smallest absolute Gasteiger partial charge is 0.265 e. The number of anilines is 2. The Labute approximate surface area is 278 Å². The summed E-state index contributed by atoms with van der Waals surface area (Å²) in [4.78, 5) is 19.1. The molecule has 2 saturated heterocycles. The monoisotopic (exact) mass is 632 g/mol. The van der Waals surface area contributed by atoms with Gasteiger partial charge in [0.1, 0.15) is 5.04 Å². The number of para-hydroxylation sites is 2. The highest BCUT2D eigenvalue weighted by atomic mass is 32.2. The molecule has 2 fully saturated rings. The number of carbonyl (C=O) groups is 1. The van der Waals surface area contributed by atoms with Crippen molar-refractivity contribution in [1.29, 1.82) is 0 Å². The van der Waals surface area contributed by atoms with Crippen LogP contribution in [0.3, 0.4) is 0 Å². The molecule has 4 aliphatic heterocycles. The van der Waals surface area contributed by atoms with Crippen LogP contribution in [-0.2, 0) is 4.79 Å². The van der Waals surface area contributed by atoms with Crippen LogP contribution in [0, 0.1) is 0 Å². The summed E-state index contributed by atoms with van der Waals surface area (Å²) >= 11 is 1.57. The lowest BCUT2D eigenvalue weighted by Gasteiger charge is -2.53. The van der Waals surface area contributed by atoms with Gasteiger partial charge in [-0.2, -0.15) is 10.2 Å². The Kier molecular flexibility index (Phi) is 6.47. The van der Waals surface area contributed by atoms with Crippen molar-refractivity contribution in [3.05, 3.63) is 168 Å². The average Bonchev–Trinajstić information content (AvgIpc) is 3.78. The number of hydrogen-bond acceptors (Lipinski definition) is 7. The first-order valence-electron chi connectivity index (χ1n) is 16.1. The molecule has 4 heterocycles. The summed E-state index contributed by atoms with van der Waals surface area (Å²) in [5.41, 5.74) is 4.86. The second-order valence-corrected chi connectivity index (χ2v) is 13.4. The lowest BCUT2D eigenvalue weighted by Crippen LogP contribution is -2.70. The van der Waals surface area contributed by atoms with Crippen LogP contribution in [0.15, 0.2) is 162 Å². The molecule has 1 amide bonds. The Bertz CT molecular complexity index is 1990. The number of amides is 1. The number of hydrogen-bond donors (Lipinski definition) is 0. The van der Waals surface area contributed by atoms with Gasteiger partial charge in [0.05, 0.1) is 17.3 Å². The van der Waals surface area contributed by atoms with E-state index in [-0.39, 0.29) is 5.91 Å². The Balaban J connectivity index is 1.35. The summed E-state index contributed by atoms with van der Waals surface area (Å²) in [5, 5.41) is 15.7. The van der Waals surface area contributed by atoms with Crippen molar-refractivity contribution in [3.63, 3.8) is 0 Å². The van der Waals surface area contributed by atoms with E-state index in [0.717, 1.165) is 51.9 Å². The van der Waals surface area contributed by atoms with Gasteiger partial charge in [0.2, 0.25) is 10.7 Å². The molecule has 0 aliphatic carbocycles. The predicted molar refractivity (Wildman–Crippen MR) is 189 cm³/mol. The van der Waals surface area contributed by atoms with Crippen LogP contribution in [0.25, 0.3) is 0 Å². The molecule has 0 radical (unpaired) electrons. The molecule has 0 bridgehead atoms. The largest absolute Gasteiger partial charge is 0.312 e. The molecule has 8 heteroatoms. The highest BCUT2D eigenvalue weighted by Gasteiger charge is 2.78. The van der Waals surface area contributed by atoms with Crippen molar-refractivity contribution in [3.8, 4) is 0 Å². The summed E-state index contributed by atoms with van der Waals surface area (Å²) in [6.07, 6.45) is 0.821. The molecule has 0 saturated carbocycles. The van der Waals surface area contributed by atoms with Gasteiger partial charge >= 0.3 is 0 Å². The maximum absolute atomic E-state index is 15.8. The van der Waals surface area contributed by atoms with Crippen LogP contribution < -0.4 is 10.0 Å². The molecular formula is C39H32N6OS. The minimum absolute atomic E-state index is 0.0324. The maximum atomic E-state index is 15.8. The van der Waals surface area contributed by atoms with Crippen molar-refractivity contribution in [2.24, 2.45) is 10.2 Å². The molecule has 5 aromatic rings.